The fraction of sp³-hybridized carbons (Fsp3) is 0.562. The van der Waals surface area contributed by atoms with Crippen molar-refractivity contribution < 1.29 is 18.0 Å². The Balaban J connectivity index is 1.71. The van der Waals surface area contributed by atoms with Crippen molar-refractivity contribution in [1.29, 1.82) is 0 Å². The van der Waals surface area contributed by atoms with E-state index in [1.54, 1.807) is 6.07 Å². The quantitative estimate of drug-likeness (QED) is 0.933. The van der Waals surface area contributed by atoms with Crippen LogP contribution in [0.2, 0.25) is 0 Å². The Hall–Kier alpha value is -1.56. The van der Waals surface area contributed by atoms with E-state index in [-0.39, 0.29) is 23.8 Å². The van der Waals surface area contributed by atoms with E-state index in [9.17, 15) is 18.0 Å². The van der Waals surface area contributed by atoms with Crippen molar-refractivity contribution in [2.24, 2.45) is 11.7 Å². The maximum atomic E-state index is 12.8. The molecule has 3 rings (SSSR count). The number of likely N-dealkylation sites (tertiary alicyclic amines) is 1. The van der Waals surface area contributed by atoms with Crippen molar-refractivity contribution in [2.45, 2.75) is 37.4 Å². The molecule has 1 amide bonds. The molecule has 2 aliphatic rings. The standard InChI is InChI=1S/C16H19F3N2O/c17-16(18,19)11-4-1-3-10(7-11)13-8-14(13)15(22)21-6-2-5-12(21)9-20/h1,3-4,7,12-14H,2,5-6,8-9,20H2/t12-,13+,14+/m0/s1. The van der Waals surface area contributed by atoms with E-state index in [0.717, 1.165) is 18.9 Å². The normalized spacial score (nSPS) is 28.0. The summed E-state index contributed by atoms with van der Waals surface area (Å²) in [5.41, 5.74) is 5.64. The predicted octanol–water partition coefficient (Wildman–Crippen LogP) is 2.76. The van der Waals surface area contributed by atoms with Gasteiger partial charge in [0.15, 0.2) is 0 Å². The minimum atomic E-state index is -4.34. The summed E-state index contributed by atoms with van der Waals surface area (Å²) in [5.74, 6) is -0.222. The maximum absolute atomic E-state index is 12.8. The van der Waals surface area contributed by atoms with Crippen molar-refractivity contribution in [3.05, 3.63) is 35.4 Å². The Morgan fingerprint density at radius 1 is 1.36 bits per heavy atom. The van der Waals surface area contributed by atoms with Gasteiger partial charge in [-0.25, -0.2) is 0 Å². The Kier molecular flexibility index (Phi) is 3.89. The van der Waals surface area contributed by atoms with E-state index < -0.39 is 11.7 Å². The third kappa shape index (κ3) is 2.84. The van der Waals surface area contributed by atoms with E-state index in [1.807, 2.05) is 4.90 Å². The lowest BCUT2D eigenvalue weighted by molar-refractivity contribution is -0.137. The molecule has 6 heteroatoms. The van der Waals surface area contributed by atoms with Gasteiger partial charge in [0, 0.05) is 25.0 Å². The Labute approximate surface area is 127 Å². The molecule has 3 nitrogen and oxygen atoms in total. The van der Waals surface area contributed by atoms with Gasteiger partial charge in [-0.05, 0) is 36.8 Å². The van der Waals surface area contributed by atoms with E-state index in [2.05, 4.69) is 0 Å². The van der Waals surface area contributed by atoms with E-state index in [1.165, 1.54) is 12.1 Å². The molecule has 1 aromatic rings. The topological polar surface area (TPSA) is 46.3 Å². The fourth-order valence-corrected chi connectivity index (χ4v) is 3.37. The number of hydrogen-bond donors (Lipinski definition) is 1. The van der Waals surface area contributed by atoms with Crippen LogP contribution >= 0.6 is 0 Å². The molecular formula is C16H19F3N2O. The second-order valence-electron chi connectivity index (χ2n) is 6.14. The average Bonchev–Trinajstić information content (AvgIpc) is 3.15. The van der Waals surface area contributed by atoms with Gasteiger partial charge in [-0.3, -0.25) is 4.79 Å². The molecule has 1 aromatic carbocycles. The van der Waals surface area contributed by atoms with Gasteiger partial charge in [0.2, 0.25) is 5.91 Å². The number of halogens is 3. The van der Waals surface area contributed by atoms with Gasteiger partial charge in [0.1, 0.15) is 0 Å². The van der Waals surface area contributed by atoms with Crippen molar-refractivity contribution in [1.82, 2.24) is 4.90 Å². The van der Waals surface area contributed by atoms with Crippen LogP contribution < -0.4 is 5.73 Å². The zero-order valence-corrected chi connectivity index (χ0v) is 12.1. The summed E-state index contributed by atoms with van der Waals surface area (Å²) in [5, 5.41) is 0. The highest BCUT2D eigenvalue weighted by atomic mass is 19.4. The lowest BCUT2D eigenvalue weighted by Gasteiger charge is -2.23. The van der Waals surface area contributed by atoms with Crippen LogP contribution in [0.5, 0.6) is 0 Å². The molecule has 3 atom stereocenters. The molecular weight excluding hydrogens is 293 g/mol. The van der Waals surface area contributed by atoms with Crippen LogP contribution in [0.15, 0.2) is 24.3 Å². The molecule has 1 heterocycles. The molecule has 22 heavy (non-hydrogen) atoms. The highest BCUT2D eigenvalue weighted by Crippen LogP contribution is 2.49. The van der Waals surface area contributed by atoms with Crippen LogP contribution in [0.25, 0.3) is 0 Å². The fourth-order valence-electron chi connectivity index (χ4n) is 3.37. The summed E-state index contributed by atoms with van der Waals surface area (Å²) in [6.07, 6.45) is -1.84. The third-order valence-electron chi connectivity index (χ3n) is 4.68. The number of benzene rings is 1. The van der Waals surface area contributed by atoms with Gasteiger partial charge >= 0.3 is 6.18 Å². The molecule has 1 aliphatic heterocycles. The molecule has 0 spiro atoms. The van der Waals surface area contributed by atoms with Crippen molar-refractivity contribution in [3.63, 3.8) is 0 Å². The lowest BCUT2D eigenvalue weighted by Crippen LogP contribution is -2.40. The molecule has 0 bridgehead atoms. The minimum absolute atomic E-state index is 0.0513. The van der Waals surface area contributed by atoms with Crippen LogP contribution in [0.3, 0.4) is 0 Å². The summed E-state index contributed by atoms with van der Waals surface area (Å²) in [4.78, 5) is 14.3. The summed E-state index contributed by atoms with van der Waals surface area (Å²) < 4.78 is 38.3. The first kappa shape index (κ1) is 15.3. The summed E-state index contributed by atoms with van der Waals surface area (Å²) >= 11 is 0. The Bertz CT molecular complexity index is 573. The number of carbonyl (C=O) groups is 1. The molecule has 1 aliphatic carbocycles. The number of nitrogens with zero attached hydrogens (tertiary/aromatic N) is 1. The summed E-state index contributed by atoms with van der Waals surface area (Å²) in [6.45, 7) is 1.17. The predicted molar refractivity (Wildman–Crippen MR) is 76.1 cm³/mol. The first-order chi connectivity index (χ1) is 10.4. The lowest BCUT2D eigenvalue weighted by atomic mass is 10.0. The molecule has 1 saturated carbocycles. The van der Waals surface area contributed by atoms with Gasteiger partial charge < -0.3 is 10.6 Å². The SMILES string of the molecule is NC[C@@H]1CCCN1C(=O)[C@@H]1C[C@@H]1c1cccc(C(F)(F)F)c1. The number of hydrogen-bond acceptors (Lipinski definition) is 2. The van der Waals surface area contributed by atoms with Gasteiger partial charge in [-0.1, -0.05) is 18.2 Å². The van der Waals surface area contributed by atoms with Crippen molar-refractivity contribution in [3.8, 4) is 0 Å². The van der Waals surface area contributed by atoms with E-state index in [4.69, 9.17) is 5.73 Å². The van der Waals surface area contributed by atoms with Gasteiger partial charge in [0.05, 0.1) is 5.56 Å². The van der Waals surface area contributed by atoms with Crippen LogP contribution in [0.4, 0.5) is 13.2 Å². The Morgan fingerprint density at radius 2 is 2.14 bits per heavy atom. The van der Waals surface area contributed by atoms with Crippen molar-refractivity contribution >= 4 is 5.91 Å². The van der Waals surface area contributed by atoms with Crippen LogP contribution in [0.1, 0.15) is 36.3 Å². The molecule has 2 N–H and O–H groups in total. The molecule has 0 aromatic heterocycles. The van der Waals surface area contributed by atoms with E-state index in [0.29, 0.717) is 25.1 Å². The first-order valence-electron chi connectivity index (χ1n) is 7.59. The second-order valence-corrected chi connectivity index (χ2v) is 6.14. The summed E-state index contributed by atoms with van der Waals surface area (Å²) in [6, 6.07) is 5.42. The molecule has 0 unspecified atom stereocenters. The second kappa shape index (κ2) is 5.57. The minimum Gasteiger partial charge on any atom is -0.338 e. The van der Waals surface area contributed by atoms with Crippen LogP contribution in [-0.4, -0.2) is 29.9 Å². The Morgan fingerprint density at radius 3 is 2.82 bits per heavy atom. The zero-order chi connectivity index (χ0) is 15.9. The maximum Gasteiger partial charge on any atom is 0.416 e. The number of rotatable bonds is 3. The van der Waals surface area contributed by atoms with Gasteiger partial charge in [-0.2, -0.15) is 13.2 Å². The van der Waals surface area contributed by atoms with Gasteiger partial charge in [-0.15, -0.1) is 0 Å². The monoisotopic (exact) mass is 312 g/mol. The number of carbonyl (C=O) groups excluding carboxylic acids is 1. The highest BCUT2D eigenvalue weighted by Gasteiger charge is 2.47. The molecule has 0 radical (unpaired) electrons. The number of amides is 1. The number of nitrogens with two attached hydrogens (primary N) is 1. The summed E-state index contributed by atoms with van der Waals surface area (Å²) in [7, 11) is 0. The molecule has 2 fully saturated rings. The molecule has 1 saturated heterocycles. The first-order valence-corrected chi connectivity index (χ1v) is 7.59. The smallest absolute Gasteiger partial charge is 0.338 e. The zero-order valence-electron chi connectivity index (χ0n) is 12.1. The van der Waals surface area contributed by atoms with Crippen molar-refractivity contribution in [2.75, 3.05) is 13.1 Å². The van der Waals surface area contributed by atoms with Crippen LogP contribution in [-0.2, 0) is 11.0 Å². The van der Waals surface area contributed by atoms with Gasteiger partial charge in [0.25, 0.3) is 0 Å². The largest absolute Gasteiger partial charge is 0.416 e. The third-order valence-corrected chi connectivity index (χ3v) is 4.68. The molecule has 120 valence electrons. The highest BCUT2D eigenvalue weighted by molar-refractivity contribution is 5.83. The van der Waals surface area contributed by atoms with Crippen LogP contribution in [0, 0.1) is 5.92 Å². The number of alkyl halides is 3. The average molecular weight is 312 g/mol. The van der Waals surface area contributed by atoms with E-state index >= 15 is 0 Å².